The number of halogens is 1. The molecule has 1 heterocycles. The Morgan fingerprint density at radius 3 is 2.29 bits per heavy atom. The van der Waals surface area contributed by atoms with Crippen LogP contribution >= 0.6 is 11.6 Å². The lowest BCUT2D eigenvalue weighted by atomic mass is 9.91. The number of benzene rings is 3. The van der Waals surface area contributed by atoms with Gasteiger partial charge in [-0.3, -0.25) is 4.79 Å². The molecule has 1 amide bonds. The van der Waals surface area contributed by atoms with E-state index in [1.165, 1.54) is 0 Å². The minimum atomic E-state index is -0.291. The van der Waals surface area contributed by atoms with Crippen molar-refractivity contribution in [1.29, 1.82) is 0 Å². The molecule has 7 heteroatoms. The summed E-state index contributed by atoms with van der Waals surface area (Å²) in [6.45, 7) is 0.867. The highest BCUT2D eigenvalue weighted by atomic mass is 35.5. The van der Waals surface area contributed by atoms with E-state index in [1.54, 1.807) is 27.4 Å². The van der Waals surface area contributed by atoms with Crippen molar-refractivity contribution < 1.29 is 23.7 Å². The summed E-state index contributed by atoms with van der Waals surface area (Å²) in [5.41, 5.74) is 2.91. The van der Waals surface area contributed by atoms with Crippen LogP contribution in [0.5, 0.6) is 23.0 Å². The first kappa shape index (κ1) is 23.8. The molecule has 4 rings (SSSR count). The number of hydrogen-bond acceptors (Lipinski definition) is 5. The summed E-state index contributed by atoms with van der Waals surface area (Å²) in [5, 5.41) is 0.589. The SMILES string of the molecule is COc1ccc(OCC2c3cc(OC)c(OC)cc3CCN2C(=O)Cc2ccccc2Cl)cc1. The highest BCUT2D eigenvalue weighted by Crippen LogP contribution is 2.39. The molecule has 0 fully saturated rings. The van der Waals surface area contributed by atoms with Crippen LogP contribution in [0.25, 0.3) is 0 Å². The molecule has 0 saturated carbocycles. The molecule has 1 aliphatic heterocycles. The van der Waals surface area contributed by atoms with Gasteiger partial charge in [0.05, 0.1) is 33.8 Å². The summed E-state index contributed by atoms with van der Waals surface area (Å²) in [5.74, 6) is 2.75. The average molecular weight is 482 g/mol. The number of nitrogens with zero attached hydrogens (tertiary/aromatic N) is 1. The van der Waals surface area contributed by atoms with E-state index in [4.69, 9.17) is 30.5 Å². The highest BCUT2D eigenvalue weighted by molar-refractivity contribution is 6.31. The van der Waals surface area contributed by atoms with Crippen LogP contribution in [-0.4, -0.2) is 45.3 Å². The van der Waals surface area contributed by atoms with Crippen LogP contribution in [0.1, 0.15) is 22.7 Å². The molecule has 0 bridgehead atoms. The summed E-state index contributed by atoms with van der Waals surface area (Å²) in [4.78, 5) is 15.3. The van der Waals surface area contributed by atoms with Crippen molar-refractivity contribution in [2.24, 2.45) is 0 Å². The van der Waals surface area contributed by atoms with E-state index in [2.05, 4.69) is 0 Å². The molecule has 3 aromatic rings. The van der Waals surface area contributed by atoms with Gasteiger partial charge in [-0.1, -0.05) is 29.8 Å². The number of methoxy groups -OCH3 is 3. The maximum atomic E-state index is 13.5. The number of ether oxygens (including phenoxy) is 4. The zero-order valence-electron chi connectivity index (χ0n) is 19.5. The van der Waals surface area contributed by atoms with Gasteiger partial charge in [0, 0.05) is 11.6 Å². The molecule has 0 radical (unpaired) electrons. The maximum Gasteiger partial charge on any atom is 0.227 e. The van der Waals surface area contributed by atoms with E-state index >= 15 is 0 Å². The first-order chi connectivity index (χ1) is 16.5. The van der Waals surface area contributed by atoms with Crippen molar-refractivity contribution in [2.75, 3.05) is 34.5 Å². The minimum Gasteiger partial charge on any atom is -0.497 e. The Bertz CT molecular complexity index is 1150. The summed E-state index contributed by atoms with van der Waals surface area (Å²) >= 11 is 6.33. The Morgan fingerprint density at radius 1 is 0.941 bits per heavy atom. The van der Waals surface area contributed by atoms with Gasteiger partial charge in [-0.2, -0.15) is 0 Å². The van der Waals surface area contributed by atoms with E-state index in [9.17, 15) is 4.79 Å². The minimum absolute atomic E-state index is 0.00290. The molecule has 1 unspecified atom stereocenters. The molecule has 1 aliphatic rings. The quantitative estimate of drug-likeness (QED) is 0.447. The zero-order valence-corrected chi connectivity index (χ0v) is 20.3. The van der Waals surface area contributed by atoms with Crippen LogP contribution in [-0.2, 0) is 17.6 Å². The van der Waals surface area contributed by atoms with Crippen LogP contribution in [0.3, 0.4) is 0 Å². The first-order valence-electron chi connectivity index (χ1n) is 11.1. The fourth-order valence-electron chi connectivity index (χ4n) is 4.26. The predicted molar refractivity (Wildman–Crippen MR) is 131 cm³/mol. The molecule has 6 nitrogen and oxygen atoms in total. The number of amides is 1. The van der Waals surface area contributed by atoms with Crippen LogP contribution in [0.2, 0.25) is 5.02 Å². The molecular weight excluding hydrogens is 454 g/mol. The number of fused-ring (bicyclic) bond motifs is 1. The van der Waals surface area contributed by atoms with Crippen molar-refractivity contribution in [3.8, 4) is 23.0 Å². The third kappa shape index (κ3) is 5.07. The number of carbonyl (C=O) groups is 1. The summed E-state index contributed by atoms with van der Waals surface area (Å²) in [6, 6.07) is 18.5. The number of carbonyl (C=O) groups excluding carboxylic acids is 1. The number of hydrogen-bond donors (Lipinski definition) is 0. The Morgan fingerprint density at radius 2 is 1.62 bits per heavy atom. The third-order valence-corrected chi connectivity index (χ3v) is 6.46. The molecule has 34 heavy (non-hydrogen) atoms. The first-order valence-corrected chi connectivity index (χ1v) is 11.5. The molecule has 0 N–H and O–H groups in total. The molecule has 0 aliphatic carbocycles. The van der Waals surface area contributed by atoms with Crippen molar-refractivity contribution in [2.45, 2.75) is 18.9 Å². The van der Waals surface area contributed by atoms with E-state index in [0.717, 1.165) is 22.4 Å². The van der Waals surface area contributed by atoms with Crippen molar-refractivity contribution in [3.63, 3.8) is 0 Å². The van der Waals surface area contributed by atoms with E-state index in [-0.39, 0.29) is 18.4 Å². The molecule has 178 valence electrons. The Labute approximate surface area is 205 Å². The molecule has 1 atom stereocenters. The molecule has 0 aromatic heterocycles. The maximum absolute atomic E-state index is 13.5. The van der Waals surface area contributed by atoms with Gasteiger partial charge in [-0.05, 0) is 65.6 Å². The molecule has 0 spiro atoms. The lowest BCUT2D eigenvalue weighted by molar-refractivity contribution is -0.134. The molecule has 3 aromatic carbocycles. The average Bonchev–Trinajstić information content (AvgIpc) is 2.87. The standard InChI is InChI=1S/C27H28ClNO5/c1-31-20-8-10-21(11-9-20)34-17-24-22-16-26(33-3)25(32-2)14-18(22)12-13-29(24)27(30)15-19-6-4-5-7-23(19)28/h4-11,14,16,24H,12-13,15,17H2,1-3H3. The van der Waals surface area contributed by atoms with Gasteiger partial charge >= 0.3 is 0 Å². The van der Waals surface area contributed by atoms with Gasteiger partial charge in [-0.15, -0.1) is 0 Å². The zero-order chi connectivity index (χ0) is 24.1. The second-order valence-electron chi connectivity index (χ2n) is 8.01. The van der Waals surface area contributed by atoms with Crippen LogP contribution < -0.4 is 18.9 Å². The Hall–Kier alpha value is -3.38. The van der Waals surface area contributed by atoms with Crippen molar-refractivity contribution in [1.82, 2.24) is 4.90 Å². The van der Waals surface area contributed by atoms with Gasteiger partial charge in [-0.25, -0.2) is 0 Å². The predicted octanol–water partition coefficient (Wildman–Crippen LogP) is 5.11. The van der Waals surface area contributed by atoms with Crippen LogP contribution in [0, 0.1) is 0 Å². The van der Waals surface area contributed by atoms with Gasteiger partial charge in [0.2, 0.25) is 5.91 Å². The van der Waals surface area contributed by atoms with Crippen molar-refractivity contribution >= 4 is 17.5 Å². The summed E-state index contributed by atoms with van der Waals surface area (Å²) in [6.07, 6.45) is 0.935. The summed E-state index contributed by atoms with van der Waals surface area (Å²) in [7, 11) is 4.85. The molecule has 0 saturated heterocycles. The normalized spacial score (nSPS) is 14.8. The second-order valence-corrected chi connectivity index (χ2v) is 8.42. The fraction of sp³-hybridized carbons (Fsp3) is 0.296. The Kier molecular flexibility index (Phi) is 7.48. The monoisotopic (exact) mass is 481 g/mol. The van der Waals surface area contributed by atoms with Crippen LogP contribution in [0.4, 0.5) is 0 Å². The van der Waals surface area contributed by atoms with Gasteiger partial charge in [0.15, 0.2) is 11.5 Å². The summed E-state index contributed by atoms with van der Waals surface area (Å²) < 4.78 is 22.4. The van der Waals surface area contributed by atoms with E-state index < -0.39 is 0 Å². The largest absolute Gasteiger partial charge is 0.497 e. The van der Waals surface area contributed by atoms with Gasteiger partial charge in [0.1, 0.15) is 18.1 Å². The van der Waals surface area contributed by atoms with E-state index in [0.29, 0.717) is 41.8 Å². The third-order valence-electron chi connectivity index (χ3n) is 6.09. The van der Waals surface area contributed by atoms with Crippen LogP contribution in [0.15, 0.2) is 60.7 Å². The van der Waals surface area contributed by atoms with E-state index in [1.807, 2.05) is 59.5 Å². The van der Waals surface area contributed by atoms with Gasteiger partial charge < -0.3 is 23.8 Å². The lowest BCUT2D eigenvalue weighted by Gasteiger charge is -2.38. The topological polar surface area (TPSA) is 57.2 Å². The fourth-order valence-corrected chi connectivity index (χ4v) is 4.46. The number of rotatable bonds is 8. The highest BCUT2D eigenvalue weighted by Gasteiger charge is 2.33. The smallest absolute Gasteiger partial charge is 0.227 e. The van der Waals surface area contributed by atoms with Gasteiger partial charge in [0.25, 0.3) is 0 Å². The second kappa shape index (κ2) is 10.7. The lowest BCUT2D eigenvalue weighted by Crippen LogP contribution is -2.43. The Balaban J connectivity index is 1.64. The molecular formula is C27H28ClNO5. The van der Waals surface area contributed by atoms with Crippen molar-refractivity contribution in [3.05, 3.63) is 82.4 Å².